The zero-order valence-electron chi connectivity index (χ0n) is 7.42. The van der Waals surface area contributed by atoms with Crippen molar-refractivity contribution in [2.75, 3.05) is 0 Å². The standard InChI is InChI=1S/C11H13Cl/c1-9(2)3-4-10-5-7-11(12)8-6-10/h3-9H,1-2H3/b4-3+. The van der Waals surface area contributed by atoms with Crippen molar-refractivity contribution >= 4 is 17.7 Å². The van der Waals surface area contributed by atoms with Gasteiger partial charge in [0.25, 0.3) is 0 Å². The molecule has 0 aliphatic rings. The molecule has 0 saturated heterocycles. The Morgan fingerprint density at radius 3 is 2.25 bits per heavy atom. The van der Waals surface area contributed by atoms with E-state index in [0.29, 0.717) is 5.92 Å². The predicted octanol–water partition coefficient (Wildman–Crippen LogP) is 4.01. The molecular weight excluding hydrogens is 168 g/mol. The van der Waals surface area contributed by atoms with Crippen molar-refractivity contribution in [3.63, 3.8) is 0 Å². The van der Waals surface area contributed by atoms with Crippen LogP contribution in [0, 0.1) is 5.92 Å². The Kier molecular flexibility index (Phi) is 3.36. The van der Waals surface area contributed by atoms with Crippen LogP contribution in [0.25, 0.3) is 6.08 Å². The topological polar surface area (TPSA) is 0 Å². The summed E-state index contributed by atoms with van der Waals surface area (Å²) in [5, 5.41) is 0.789. The zero-order valence-corrected chi connectivity index (χ0v) is 8.18. The fourth-order valence-electron chi connectivity index (χ4n) is 0.877. The molecule has 0 bridgehead atoms. The number of hydrogen-bond donors (Lipinski definition) is 0. The van der Waals surface area contributed by atoms with E-state index in [0.717, 1.165) is 5.02 Å². The molecule has 0 saturated carbocycles. The van der Waals surface area contributed by atoms with Crippen molar-refractivity contribution in [3.8, 4) is 0 Å². The fourth-order valence-corrected chi connectivity index (χ4v) is 1.00. The molecule has 0 spiro atoms. The van der Waals surface area contributed by atoms with Crippen LogP contribution in [0.15, 0.2) is 30.3 Å². The first-order chi connectivity index (χ1) is 5.68. The van der Waals surface area contributed by atoms with Crippen molar-refractivity contribution < 1.29 is 0 Å². The lowest BCUT2D eigenvalue weighted by Crippen LogP contribution is -1.77. The quantitative estimate of drug-likeness (QED) is 0.645. The first kappa shape index (κ1) is 9.34. The van der Waals surface area contributed by atoms with Crippen LogP contribution in [0.3, 0.4) is 0 Å². The fraction of sp³-hybridized carbons (Fsp3) is 0.273. The van der Waals surface area contributed by atoms with Gasteiger partial charge in [-0.25, -0.2) is 0 Å². The minimum absolute atomic E-state index is 0.598. The Bertz CT molecular complexity index is 257. The third-order valence-electron chi connectivity index (χ3n) is 1.54. The van der Waals surface area contributed by atoms with E-state index in [1.165, 1.54) is 5.56 Å². The second kappa shape index (κ2) is 4.32. The third kappa shape index (κ3) is 3.10. The van der Waals surface area contributed by atoms with Gasteiger partial charge in [0.15, 0.2) is 0 Å². The van der Waals surface area contributed by atoms with Crippen LogP contribution in [0.1, 0.15) is 19.4 Å². The lowest BCUT2D eigenvalue weighted by molar-refractivity contribution is 0.836. The second-order valence-electron chi connectivity index (χ2n) is 3.15. The van der Waals surface area contributed by atoms with E-state index in [4.69, 9.17) is 11.6 Å². The van der Waals surface area contributed by atoms with Crippen molar-refractivity contribution in [1.82, 2.24) is 0 Å². The Balaban J connectivity index is 2.71. The van der Waals surface area contributed by atoms with E-state index in [9.17, 15) is 0 Å². The largest absolute Gasteiger partial charge is 0.0843 e. The monoisotopic (exact) mass is 180 g/mol. The first-order valence-corrected chi connectivity index (χ1v) is 4.50. The maximum Gasteiger partial charge on any atom is 0.0406 e. The number of allylic oxidation sites excluding steroid dienone is 1. The Labute approximate surface area is 78.9 Å². The molecule has 0 aliphatic carbocycles. The van der Waals surface area contributed by atoms with E-state index in [2.05, 4.69) is 26.0 Å². The summed E-state index contributed by atoms with van der Waals surface area (Å²) in [4.78, 5) is 0. The van der Waals surface area contributed by atoms with E-state index in [1.807, 2.05) is 24.3 Å². The molecule has 0 amide bonds. The molecule has 0 atom stereocenters. The van der Waals surface area contributed by atoms with E-state index in [-0.39, 0.29) is 0 Å². The summed E-state index contributed by atoms with van der Waals surface area (Å²) in [6, 6.07) is 7.84. The second-order valence-corrected chi connectivity index (χ2v) is 3.59. The van der Waals surface area contributed by atoms with Gasteiger partial charge in [-0.15, -0.1) is 0 Å². The van der Waals surface area contributed by atoms with Gasteiger partial charge in [0.2, 0.25) is 0 Å². The number of hydrogen-bond acceptors (Lipinski definition) is 0. The molecule has 0 unspecified atom stereocenters. The molecular formula is C11H13Cl. The molecule has 0 heterocycles. The summed E-state index contributed by atoms with van der Waals surface area (Å²) in [6.07, 6.45) is 4.28. The van der Waals surface area contributed by atoms with Crippen LogP contribution in [0.2, 0.25) is 5.02 Å². The molecule has 0 aliphatic heterocycles. The molecule has 0 N–H and O–H groups in total. The highest BCUT2D eigenvalue weighted by Crippen LogP contribution is 2.11. The minimum atomic E-state index is 0.598. The molecule has 0 nitrogen and oxygen atoms in total. The summed E-state index contributed by atoms with van der Waals surface area (Å²) < 4.78 is 0. The lowest BCUT2D eigenvalue weighted by atomic mass is 10.1. The van der Waals surface area contributed by atoms with Crippen molar-refractivity contribution in [3.05, 3.63) is 40.9 Å². The molecule has 1 aromatic rings. The maximum absolute atomic E-state index is 5.75. The van der Waals surface area contributed by atoms with Crippen LogP contribution in [-0.4, -0.2) is 0 Å². The van der Waals surface area contributed by atoms with Crippen molar-refractivity contribution in [2.45, 2.75) is 13.8 Å². The van der Waals surface area contributed by atoms with E-state index < -0.39 is 0 Å². The Morgan fingerprint density at radius 1 is 1.17 bits per heavy atom. The minimum Gasteiger partial charge on any atom is -0.0843 e. The average Bonchev–Trinajstić information content (AvgIpc) is 2.03. The van der Waals surface area contributed by atoms with Crippen molar-refractivity contribution in [1.29, 1.82) is 0 Å². The van der Waals surface area contributed by atoms with E-state index >= 15 is 0 Å². The normalized spacial score (nSPS) is 11.3. The summed E-state index contributed by atoms with van der Waals surface area (Å²) >= 11 is 5.75. The Morgan fingerprint density at radius 2 is 1.75 bits per heavy atom. The van der Waals surface area contributed by atoms with Crippen LogP contribution < -0.4 is 0 Å². The van der Waals surface area contributed by atoms with Gasteiger partial charge in [0.1, 0.15) is 0 Å². The molecule has 0 radical (unpaired) electrons. The first-order valence-electron chi connectivity index (χ1n) is 4.12. The van der Waals surface area contributed by atoms with Crippen LogP contribution in [-0.2, 0) is 0 Å². The Hall–Kier alpha value is -0.750. The van der Waals surface area contributed by atoms with Crippen LogP contribution in [0.4, 0.5) is 0 Å². The van der Waals surface area contributed by atoms with E-state index in [1.54, 1.807) is 0 Å². The number of benzene rings is 1. The predicted molar refractivity (Wildman–Crippen MR) is 55.3 cm³/mol. The van der Waals surface area contributed by atoms with Gasteiger partial charge in [-0.3, -0.25) is 0 Å². The number of halogens is 1. The van der Waals surface area contributed by atoms with Gasteiger partial charge in [-0.1, -0.05) is 49.7 Å². The smallest absolute Gasteiger partial charge is 0.0406 e. The highest BCUT2D eigenvalue weighted by molar-refractivity contribution is 6.30. The maximum atomic E-state index is 5.75. The van der Waals surface area contributed by atoms with Crippen molar-refractivity contribution in [2.24, 2.45) is 5.92 Å². The van der Waals surface area contributed by atoms with Gasteiger partial charge >= 0.3 is 0 Å². The molecule has 12 heavy (non-hydrogen) atoms. The molecule has 64 valence electrons. The van der Waals surface area contributed by atoms with Gasteiger partial charge in [0.05, 0.1) is 0 Å². The SMILES string of the molecule is CC(C)/C=C/c1ccc(Cl)cc1. The highest BCUT2D eigenvalue weighted by Gasteiger charge is 1.88. The van der Waals surface area contributed by atoms with Gasteiger partial charge < -0.3 is 0 Å². The third-order valence-corrected chi connectivity index (χ3v) is 1.80. The lowest BCUT2D eigenvalue weighted by Gasteiger charge is -1.95. The number of rotatable bonds is 2. The molecule has 1 aromatic carbocycles. The van der Waals surface area contributed by atoms with Gasteiger partial charge in [0, 0.05) is 5.02 Å². The zero-order chi connectivity index (χ0) is 8.97. The highest BCUT2D eigenvalue weighted by atomic mass is 35.5. The molecule has 1 rings (SSSR count). The summed E-state index contributed by atoms with van der Waals surface area (Å²) in [7, 11) is 0. The van der Waals surface area contributed by atoms with Crippen LogP contribution in [0.5, 0.6) is 0 Å². The summed E-state index contributed by atoms with van der Waals surface area (Å²) in [5.74, 6) is 0.598. The summed E-state index contributed by atoms with van der Waals surface area (Å²) in [6.45, 7) is 4.32. The van der Waals surface area contributed by atoms with Gasteiger partial charge in [-0.05, 0) is 23.6 Å². The molecule has 0 fully saturated rings. The molecule has 1 heteroatoms. The summed E-state index contributed by atoms with van der Waals surface area (Å²) in [5.41, 5.74) is 1.20. The van der Waals surface area contributed by atoms with Gasteiger partial charge in [-0.2, -0.15) is 0 Å². The molecule has 0 aromatic heterocycles. The van der Waals surface area contributed by atoms with Crippen LogP contribution >= 0.6 is 11.6 Å². The average molecular weight is 181 g/mol.